The molecule has 4 aliphatic rings. The first kappa shape index (κ1) is 16.9. The monoisotopic (exact) mass is 368 g/mol. The first-order chi connectivity index (χ1) is 12.8. The van der Waals surface area contributed by atoms with Crippen molar-refractivity contribution in [2.45, 2.75) is 57.7 Å². The van der Waals surface area contributed by atoms with Gasteiger partial charge in [0.25, 0.3) is 5.56 Å². The summed E-state index contributed by atoms with van der Waals surface area (Å²) >= 11 is 0. The Morgan fingerprint density at radius 1 is 1.30 bits per heavy atom. The summed E-state index contributed by atoms with van der Waals surface area (Å²) < 4.78 is 7.12. The molecule has 4 fully saturated rings. The summed E-state index contributed by atoms with van der Waals surface area (Å²) in [5, 5.41) is 10.8. The Morgan fingerprint density at radius 2 is 2.04 bits per heavy atom. The zero-order chi connectivity index (χ0) is 18.8. The number of carbonyl (C=O) groups is 1. The Kier molecular flexibility index (Phi) is 3.54. The van der Waals surface area contributed by atoms with Gasteiger partial charge in [0, 0.05) is 12.3 Å². The van der Waals surface area contributed by atoms with Crippen LogP contribution < -0.4 is 5.56 Å². The second kappa shape index (κ2) is 5.64. The van der Waals surface area contributed by atoms with E-state index in [0.717, 1.165) is 37.7 Å². The average molecular weight is 368 g/mol. The molecule has 4 aliphatic carbocycles. The highest BCUT2D eigenvalue weighted by Crippen LogP contribution is 2.62. The predicted molar refractivity (Wildman–Crippen MR) is 98.1 cm³/mol. The van der Waals surface area contributed by atoms with Crippen molar-refractivity contribution in [3.05, 3.63) is 46.0 Å². The average Bonchev–Trinajstić information content (AvgIpc) is 2.58. The summed E-state index contributed by atoms with van der Waals surface area (Å²) in [6.45, 7) is 1.91. The van der Waals surface area contributed by atoms with Gasteiger partial charge in [-0.15, -0.1) is 0 Å². The number of esters is 1. The third-order valence-corrected chi connectivity index (χ3v) is 6.67. The van der Waals surface area contributed by atoms with E-state index in [4.69, 9.17) is 4.74 Å². The number of nitrogens with zero attached hydrogens (tertiary/aromatic N) is 2. The van der Waals surface area contributed by atoms with Gasteiger partial charge in [0.05, 0.1) is 16.7 Å². The largest absolute Gasteiger partial charge is 0.459 e. The van der Waals surface area contributed by atoms with Gasteiger partial charge in [0.15, 0.2) is 0 Å². The number of aromatic nitrogens is 2. The van der Waals surface area contributed by atoms with Crippen molar-refractivity contribution in [3.63, 3.8) is 0 Å². The molecule has 6 heteroatoms. The molecule has 0 spiro atoms. The van der Waals surface area contributed by atoms with Crippen LogP contribution in [0.1, 0.15) is 49.8 Å². The van der Waals surface area contributed by atoms with Crippen LogP contribution >= 0.6 is 0 Å². The normalized spacial score (nSPS) is 34.1. The summed E-state index contributed by atoms with van der Waals surface area (Å²) in [5.74, 6) is 0.617. The minimum Gasteiger partial charge on any atom is -0.459 e. The summed E-state index contributed by atoms with van der Waals surface area (Å²) in [4.78, 5) is 29.7. The number of hydrogen-bond donors (Lipinski definition) is 1. The van der Waals surface area contributed by atoms with Gasteiger partial charge in [-0.2, -0.15) is 0 Å². The predicted octanol–water partition coefficient (Wildman–Crippen LogP) is 2.38. The first-order valence-corrected chi connectivity index (χ1v) is 9.73. The summed E-state index contributed by atoms with van der Waals surface area (Å²) in [6.07, 6.45) is 6.66. The van der Waals surface area contributed by atoms with Gasteiger partial charge in [-0.1, -0.05) is 6.07 Å². The third kappa shape index (κ3) is 2.78. The second-order valence-corrected chi connectivity index (χ2v) is 9.06. The minimum atomic E-state index is -0.693. The molecule has 0 aromatic carbocycles. The maximum atomic E-state index is 13.0. The Hall–Kier alpha value is -2.21. The van der Waals surface area contributed by atoms with Crippen LogP contribution in [0.25, 0.3) is 5.65 Å². The molecule has 6 rings (SSSR count). The van der Waals surface area contributed by atoms with E-state index in [2.05, 4.69) is 4.98 Å². The van der Waals surface area contributed by atoms with Crippen LogP contribution in [-0.2, 0) is 16.1 Å². The van der Waals surface area contributed by atoms with Gasteiger partial charge in [-0.3, -0.25) is 14.0 Å². The molecule has 0 aliphatic heterocycles. The molecule has 0 saturated heterocycles. The van der Waals surface area contributed by atoms with Crippen molar-refractivity contribution >= 4 is 11.6 Å². The topological polar surface area (TPSA) is 80.9 Å². The molecule has 0 unspecified atom stereocenters. The standard InChI is InChI=1S/C21H24N2O4/c1-13-2-3-17-22-16(5-18(24)23(17)10-13)11-27-19(25)20-6-14-4-15(7-20)9-21(26,8-14)12-20/h2-3,5,10,14-15,26H,4,6-9,11-12H2,1H3/t14-,15-,20?,21?/m1/s1. The molecule has 4 saturated carbocycles. The Balaban J connectivity index is 1.36. The minimum absolute atomic E-state index is 0.00599. The molecule has 142 valence electrons. The maximum absolute atomic E-state index is 13.0. The summed E-state index contributed by atoms with van der Waals surface area (Å²) in [6, 6.07) is 5.11. The fourth-order valence-corrected chi connectivity index (χ4v) is 6.08. The highest BCUT2D eigenvalue weighted by molar-refractivity contribution is 5.77. The lowest BCUT2D eigenvalue weighted by Crippen LogP contribution is -2.58. The van der Waals surface area contributed by atoms with Gasteiger partial charge in [0.1, 0.15) is 12.3 Å². The number of ether oxygens (including phenoxy) is 1. The highest BCUT2D eigenvalue weighted by Gasteiger charge is 2.60. The van der Waals surface area contributed by atoms with E-state index in [-0.39, 0.29) is 18.1 Å². The van der Waals surface area contributed by atoms with Crippen LogP contribution in [0.3, 0.4) is 0 Å². The summed E-state index contributed by atoms with van der Waals surface area (Å²) in [5.41, 5.74) is 0.552. The van der Waals surface area contributed by atoms with Crippen LogP contribution in [0.5, 0.6) is 0 Å². The quantitative estimate of drug-likeness (QED) is 0.842. The molecule has 0 radical (unpaired) electrons. The van der Waals surface area contributed by atoms with Crippen LogP contribution in [0.2, 0.25) is 0 Å². The molecule has 4 bridgehead atoms. The second-order valence-electron chi connectivity index (χ2n) is 9.06. The van der Waals surface area contributed by atoms with E-state index >= 15 is 0 Å². The molecule has 27 heavy (non-hydrogen) atoms. The molecule has 2 aromatic rings. The maximum Gasteiger partial charge on any atom is 0.312 e. The van der Waals surface area contributed by atoms with Crippen molar-refractivity contribution in [2.75, 3.05) is 0 Å². The van der Waals surface area contributed by atoms with Crippen LogP contribution in [0.4, 0.5) is 0 Å². The molecule has 1 N–H and O–H groups in total. The van der Waals surface area contributed by atoms with Crippen LogP contribution in [-0.4, -0.2) is 26.1 Å². The molecular weight excluding hydrogens is 344 g/mol. The smallest absolute Gasteiger partial charge is 0.312 e. The van der Waals surface area contributed by atoms with Crippen LogP contribution in [0, 0.1) is 24.2 Å². The molecule has 6 nitrogen and oxygen atoms in total. The van der Waals surface area contributed by atoms with Crippen molar-refractivity contribution < 1.29 is 14.6 Å². The van der Waals surface area contributed by atoms with E-state index in [1.165, 1.54) is 10.5 Å². The lowest BCUT2D eigenvalue weighted by atomic mass is 9.48. The number of hydrogen-bond acceptors (Lipinski definition) is 5. The van der Waals surface area contributed by atoms with Crippen molar-refractivity contribution in [1.29, 1.82) is 0 Å². The number of pyridine rings is 1. The number of rotatable bonds is 3. The lowest BCUT2D eigenvalue weighted by Gasteiger charge is -2.58. The number of fused-ring (bicyclic) bond motifs is 1. The van der Waals surface area contributed by atoms with Crippen molar-refractivity contribution in [2.24, 2.45) is 17.3 Å². The Labute approximate surface area is 157 Å². The van der Waals surface area contributed by atoms with Gasteiger partial charge in [0.2, 0.25) is 0 Å². The Bertz CT molecular complexity index is 981. The molecule has 0 amide bonds. The van der Waals surface area contributed by atoms with Crippen molar-refractivity contribution in [3.8, 4) is 0 Å². The van der Waals surface area contributed by atoms with E-state index in [1.807, 2.05) is 13.0 Å². The zero-order valence-corrected chi connectivity index (χ0v) is 15.5. The zero-order valence-electron chi connectivity index (χ0n) is 15.5. The fourth-order valence-electron chi connectivity index (χ4n) is 6.08. The van der Waals surface area contributed by atoms with Gasteiger partial charge in [-0.05, 0) is 68.9 Å². The van der Waals surface area contributed by atoms with Crippen molar-refractivity contribution in [1.82, 2.24) is 9.38 Å². The third-order valence-electron chi connectivity index (χ3n) is 6.67. The van der Waals surface area contributed by atoms with Gasteiger partial charge < -0.3 is 9.84 Å². The van der Waals surface area contributed by atoms with E-state index in [1.54, 1.807) is 12.3 Å². The summed E-state index contributed by atoms with van der Waals surface area (Å²) in [7, 11) is 0. The van der Waals surface area contributed by atoms with Gasteiger partial charge >= 0.3 is 5.97 Å². The number of carbonyl (C=O) groups excluding carboxylic acids is 1. The number of aliphatic hydroxyl groups is 1. The van der Waals surface area contributed by atoms with E-state index < -0.39 is 11.0 Å². The molecule has 2 atom stereocenters. The number of aryl methyl sites for hydroxylation is 1. The van der Waals surface area contributed by atoms with E-state index in [0.29, 0.717) is 29.6 Å². The molecule has 2 heterocycles. The first-order valence-electron chi connectivity index (χ1n) is 9.73. The fraction of sp³-hybridized carbons (Fsp3) is 0.571. The molecule has 2 aromatic heterocycles. The van der Waals surface area contributed by atoms with Crippen LogP contribution in [0.15, 0.2) is 29.2 Å². The highest BCUT2D eigenvalue weighted by atomic mass is 16.5. The van der Waals surface area contributed by atoms with E-state index in [9.17, 15) is 14.7 Å². The molecular formula is C21H24N2O4. The Morgan fingerprint density at radius 3 is 2.74 bits per heavy atom. The SMILES string of the molecule is Cc1ccc2nc(COC(=O)C34C[C@H]5C[C@@H](CC(O)(C5)C3)C4)cc(=O)n2c1. The van der Waals surface area contributed by atoms with Gasteiger partial charge in [-0.25, -0.2) is 4.98 Å². The lowest BCUT2D eigenvalue weighted by molar-refractivity contribution is -0.197.